The molecular weight excluding hydrogens is 302 g/mol. The molecule has 24 heavy (non-hydrogen) atoms. The third-order valence-corrected chi connectivity index (χ3v) is 4.37. The van der Waals surface area contributed by atoms with Crippen molar-refractivity contribution in [2.45, 2.75) is 20.4 Å². The lowest BCUT2D eigenvalue weighted by Gasteiger charge is -2.07. The number of hydrogen-bond acceptors (Lipinski definition) is 5. The van der Waals surface area contributed by atoms with E-state index in [4.69, 9.17) is 0 Å². The molecule has 0 aliphatic heterocycles. The van der Waals surface area contributed by atoms with Crippen molar-refractivity contribution in [3.63, 3.8) is 0 Å². The lowest BCUT2D eigenvalue weighted by molar-refractivity contribution is 0.750. The average molecular weight is 321 g/mol. The summed E-state index contributed by atoms with van der Waals surface area (Å²) in [5.41, 5.74) is 4.82. The van der Waals surface area contributed by atoms with Gasteiger partial charge in [0, 0.05) is 14.1 Å². The summed E-state index contributed by atoms with van der Waals surface area (Å²) < 4.78 is 3.93. The molecule has 0 spiro atoms. The van der Waals surface area contributed by atoms with Gasteiger partial charge in [0.2, 0.25) is 0 Å². The number of anilines is 1. The minimum absolute atomic E-state index is 0.576. The lowest BCUT2D eigenvalue weighted by atomic mass is 10.3. The fraction of sp³-hybridized carbons (Fsp3) is 0.294. The van der Waals surface area contributed by atoms with Crippen molar-refractivity contribution in [1.82, 2.24) is 29.3 Å². The molecule has 7 nitrogen and oxygen atoms in total. The number of aryl methyl sites for hydroxylation is 4. The Labute approximate surface area is 139 Å². The van der Waals surface area contributed by atoms with Crippen LogP contribution in [0.3, 0.4) is 0 Å². The first-order valence-electron chi connectivity index (χ1n) is 7.86. The van der Waals surface area contributed by atoms with E-state index in [2.05, 4.69) is 36.0 Å². The molecule has 3 aromatic heterocycles. The molecule has 4 aromatic rings. The molecule has 7 heteroatoms. The Bertz CT molecular complexity index is 1060. The molecule has 0 aliphatic rings. The van der Waals surface area contributed by atoms with Gasteiger partial charge < -0.3 is 9.88 Å². The highest BCUT2D eigenvalue weighted by Gasteiger charge is 2.14. The van der Waals surface area contributed by atoms with Crippen molar-refractivity contribution < 1.29 is 0 Å². The van der Waals surface area contributed by atoms with E-state index in [1.807, 2.05) is 50.8 Å². The van der Waals surface area contributed by atoms with Gasteiger partial charge in [0.1, 0.15) is 17.2 Å². The Morgan fingerprint density at radius 2 is 1.79 bits per heavy atom. The first-order valence-corrected chi connectivity index (χ1v) is 7.86. The molecule has 1 N–H and O–H groups in total. The number of fused-ring (bicyclic) bond motifs is 2. The zero-order chi connectivity index (χ0) is 16.8. The smallest absolute Gasteiger partial charge is 0.158 e. The van der Waals surface area contributed by atoms with Crippen LogP contribution in [0.1, 0.15) is 17.3 Å². The largest absolute Gasteiger partial charge is 0.361 e. The molecule has 122 valence electrons. The predicted molar refractivity (Wildman–Crippen MR) is 93.8 cm³/mol. The molecule has 3 heterocycles. The average Bonchev–Trinajstić information content (AvgIpc) is 3.04. The lowest BCUT2D eigenvalue weighted by Crippen LogP contribution is -2.08. The summed E-state index contributed by atoms with van der Waals surface area (Å²) in [6.07, 6.45) is 0. The highest BCUT2D eigenvalue weighted by molar-refractivity contribution is 5.87. The maximum atomic E-state index is 4.68. The second-order valence-electron chi connectivity index (χ2n) is 5.95. The number of para-hydroxylation sites is 2. The second kappa shape index (κ2) is 5.30. The van der Waals surface area contributed by atoms with Gasteiger partial charge in [-0.1, -0.05) is 12.1 Å². The van der Waals surface area contributed by atoms with Crippen LogP contribution in [0.15, 0.2) is 24.3 Å². The summed E-state index contributed by atoms with van der Waals surface area (Å²) in [4.78, 5) is 13.7. The number of hydrogen-bond donors (Lipinski definition) is 1. The maximum absolute atomic E-state index is 4.68. The standard InChI is InChI=1S/C17H19N7/c1-10-15-16(22-24(10)4)17(20-11(2)19-15)18-9-14-21-12-7-5-6-8-13(12)23(14)3/h5-8H,9H2,1-4H3,(H,18,19,20). The molecule has 0 fully saturated rings. The molecule has 1 aromatic carbocycles. The number of nitrogens with one attached hydrogen (secondary N) is 1. The van der Waals surface area contributed by atoms with E-state index >= 15 is 0 Å². The summed E-state index contributed by atoms with van der Waals surface area (Å²) in [5.74, 6) is 2.42. The maximum Gasteiger partial charge on any atom is 0.158 e. The van der Waals surface area contributed by atoms with Crippen LogP contribution in [0.25, 0.3) is 22.1 Å². The van der Waals surface area contributed by atoms with Crippen LogP contribution in [-0.4, -0.2) is 29.3 Å². The molecular formula is C17H19N7. The van der Waals surface area contributed by atoms with Gasteiger partial charge in [-0.25, -0.2) is 15.0 Å². The van der Waals surface area contributed by atoms with Crippen molar-refractivity contribution in [3.8, 4) is 0 Å². The fourth-order valence-electron chi connectivity index (χ4n) is 2.93. The molecule has 0 amide bonds. The van der Waals surface area contributed by atoms with E-state index in [-0.39, 0.29) is 0 Å². The first-order chi connectivity index (χ1) is 11.5. The van der Waals surface area contributed by atoms with Gasteiger partial charge in [0.05, 0.1) is 23.3 Å². The minimum Gasteiger partial charge on any atom is -0.361 e. The molecule has 0 saturated heterocycles. The summed E-state index contributed by atoms with van der Waals surface area (Å²) in [6.45, 7) is 4.48. The Kier molecular flexibility index (Phi) is 3.23. The Morgan fingerprint density at radius 1 is 1.00 bits per heavy atom. The first kappa shape index (κ1) is 14.6. The van der Waals surface area contributed by atoms with Gasteiger partial charge in [0.25, 0.3) is 0 Å². The van der Waals surface area contributed by atoms with E-state index in [9.17, 15) is 0 Å². The second-order valence-corrected chi connectivity index (χ2v) is 5.95. The number of imidazole rings is 1. The van der Waals surface area contributed by atoms with Gasteiger partial charge in [-0.3, -0.25) is 4.68 Å². The normalized spacial score (nSPS) is 11.5. The summed E-state index contributed by atoms with van der Waals surface area (Å²) in [6, 6.07) is 8.12. The zero-order valence-electron chi connectivity index (χ0n) is 14.2. The van der Waals surface area contributed by atoms with Crippen molar-refractivity contribution in [2.24, 2.45) is 14.1 Å². The number of rotatable bonds is 3. The van der Waals surface area contributed by atoms with Crippen LogP contribution in [-0.2, 0) is 20.6 Å². The van der Waals surface area contributed by atoms with Gasteiger partial charge in [-0.2, -0.15) is 5.10 Å². The zero-order valence-corrected chi connectivity index (χ0v) is 14.2. The fourth-order valence-corrected chi connectivity index (χ4v) is 2.93. The van der Waals surface area contributed by atoms with E-state index in [1.165, 1.54) is 0 Å². The van der Waals surface area contributed by atoms with Crippen LogP contribution in [0.4, 0.5) is 5.82 Å². The monoisotopic (exact) mass is 321 g/mol. The molecule has 4 rings (SSSR count). The third kappa shape index (κ3) is 2.20. The van der Waals surface area contributed by atoms with Crippen LogP contribution in [0.5, 0.6) is 0 Å². The summed E-state index contributed by atoms with van der Waals surface area (Å²) >= 11 is 0. The Balaban J connectivity index is 1.71. The summed E-state index contributed by atoms with van der Waals surface area (Å²) in [5, 5.41) is 7.91. The van der Waals surface area contributed by atoms with Crippen molar-refractivity contribution >= 4 is 27.9 Å². The van der Waals surface area contributed by atoms with Gasteiger partial charge in [-0.05, 0) is 26.0 Å². The predicted octanol–water partition coefficient (Wildman–Crippen LogP) is 2.48. The van der Waals surface area contributed by atoms with Crippen LogP contribution in [0, 0.1) is 13.8 Å². The summed E-state index contributed by atoms with van der Waals surface area (Å²) in [7, 11) is 3.94. The number of nitrogens with zero attached hydrogens (tertiary/aromatic N) is 6. The molecule has 0 atom stereocenters. The van der Waals surface area contributed by atoms with E-state index < -0.39 is 0 Å². The topological polar surface area (TPSA) is 73.5 Å². The van der Waals surface area contributed by atoms with Gasteiger partial charge >= 0.3 is 0 Å². The molecule has 0 aliphatic carbocycles. The molecule has 0 bridgehead atoms. The van der Waals surface area contributed by atoms with E-state index in [0.717, 1.165) is 45.2 Å². The number of aromatic nitrogens is 6. The van der Waals surface area contributed by atoms with E-state index in [1.54, 1.807) is 0 Å². The third-order valence-electron chi connectivity index (χ3n) is 4.37. The SMILES string of the molecule is Cc1nc(NCc2nc3ccccc3n2C)c2nn(C)c(C)c2n1. The highest BCUT2D eigenvalue weighted by Crippen LogP contribution is 2.22. The minimum atomic E-state index is 0.576. The van der Waals surface area contributed by atoms with Crippen molar-refractivity contribution in [2.75, 3.05) is 5.32 Å². The quantitative estimate of drug-likeness (QED) is 0.627. The van der Waals surface area contributed by atoms with Crippen molar-refractivity contribution in [3.05, 3.63) is 41.6 Å². The molecule has 0 unspecified atom stereocenters. The van der Waals surface area contributed by atoms with Gasteiger partial charge in [0.15, 0.2) is 11.3 Å². The van der Waals surface area contributed by atoms with Crippen molar-refractivity contribution in [1.29, 1.82) is 0 Å². The Hall–Kier alpha value is -2.96. The van der Waals surface area contributed by atoms with Crippen LogP contribution >= 0.6 is 0 Å². The molecule has 0 saturated carbocycles. The highest BCUT2D eigenvalue weighted by atomic mass is 15.3. The Morgan fingerprint density at radius 3 is 2.58 bits per heavy atom. The van der Waals surface area contributed by atoms with Gasteiger partial charge in [-0.15, -0.1) is 0 Å². The van der Waals surface area contributed by atoms with E-state index in [0.29, 0.717) is 6.54 Å². The molecule has 0 radical (unpaired) electrons. The van der Waals surface area contributed by atoms with Crippen LogP contribution in [0.2, 0.25) is 0 Å². The van der Waals surface area contributed by atoms with Crippen LogP contribution < -0.4 is 5.32 Å². The number of benzene rings is 1.